The van der Waals surface area contributed by atoms with Gasteiger partial charge in [0.25, 0.3) is 11.7 Å². The fraction of sp³-hybridized carbons (Fsp3) is 0.188. The summed E-state index contributed by atoms with van der Waals surface area (Å²) in [6.07, 6.45) is -8.15. The molecule has 146 valence electrons. The topological polar surface area (TPSA) is 44.8 Å². The number of rotatable bonds is 6. The van der Waals surface area contributed by atoms with Crippen LogP contribution in [0.2, 0.25) is 0 Å². The highest BCUT2D eigenvalue weighted by atomic mass is 35.5. The van der Waals surface area contributed by atoms with Gasteiger partial charge < -0.3 is 14.2 Å². The second-order valence-electron chi connectivity index (χ2n) is 4.88. The lowest BCUT2D eigenvalue weighted by molar-refractivity contribution is -0.274. The van der Waals surface area contributed by atoms with Crippen LogP contribution < -0.4 is 14.2 Å². The van der Waals surface area contributed by atoms with Crippen LogP contribution >= 0.6 is 11.6 Å². The summed E-state index contributed by atoms with van der Waals surface area (Å²) in [5.74, 6) is -3.23. The molecule has 0 fully saturated rings. The highest BCUT2D eigenvalue weighted by Crippen LogP contribution is 2.39. The lowest BCUT2D eigenvalue weighted by atomic mass is 10.1. The van der Waals surface area contributed by atoms with Crippen LogP contribution in [0.15, 0.2) is 30.3 Å². The van der Waals surface area contributed by atoms with Crippen molar-refractivity contribution in [2.24, 2.45) is 0 Å². The van der Waals surface area contributed by atoms with Crippen LogP contribution in [0, 0.1) is 5.82 Å². The third-order valence-electron chi connectivity index (χ3n) is 3.15. The Morgan fingerprint density at radius 1 is 1.07 bits per heavy atom. The molecule has 27 heavy (non-hydrogen) atoms. The minimum Gasteiger partial charge on any atom is -0.493 e. The van der Waals surface area contributed by atoms with Crippen LogP contribution in [0.3, 0.4) is 0 Å². The van der Waals surface area contributed by atoms with Crippen molar-refractivity contribution in [3.8, 4) is 23.0 Å². The maximum absolute atomic E-state index is 14.1. The predicted octanol–water partition coefficient (Wildman–Crippen LogP) is 5.84. The van der Waals surface area contributed by atoms with Crippen molar-refractivity contribution in [1.82, 2.24) is 0 Å². The van der Waals surface area contributed by atoms with Gasteiger partial charge in [0.2, 0.25) is 0 Å². The van der Waals surface area contributed by atoms with Crippen molar-refractivity contribution >= 4 is 16.8 Å². The van der Waals surface area contributed by atoms with Gasteiger partial charge in [0.15, 0.2) is 11.5 Å². The zero-order valence-electron chi connectivity index (χ0n) is 13.2. The monoisotopic (exact) mass is 414 g/mol. The van der Waals surface area contributed by atoms with E-state index in [0.29, 0.717) is 6.07 Å². The molecule has 0 saturated heterocycles. The van der Waals surface area contributed by atoms with Crippen molar-refractivity contribution in [2.45, 2.75) is 12.8 Å². The van der Waals surface area contributed by atoms with Crippen LogP contribution in [0.1, 0.15) is 22.3 Å². The van der Waals surface area contributed by atoms with E-state index in [9.17, 15) is 31.1 Å². The molecule has 0 N–H and O–H groups in total. The molecule has 0 unspecified atom stereocenters. The number of hydrogen-bond donors (Lipinski definition) is 0. The first-order valence-electron chi connectivity index (χ1n) is 6.95. The van der Waals surface area contributed by atoms with E-state index < -0.39 is 46.5 Å². The molecule has 0 aliphatic carbocycles. The molecule has 0 aliphatic heterocycles. The first-order valence-corrected chi connectivity index (χ1v) is 7.33. The van der Waals surface area contributed by atoms with E-state index in [4.69, 9.17) is 21.1 Å². The Bertz CT molecular complexity index is 854. The van der Waals surface area contributed by atoms with E-state index in [1.54, 1.807) is 0 Å². The highest BCUT2D eigenvalue weighted by molar-refractivity contribution is 6.68. The van der Waals surface area contributed by atoms with E-state index in [-0.39, 0.29) is 11.5 Å². The molecule has 11 heteroatoms. The average Bonchev–Trinajstić information content (AvgIpc) is 2.54. The Morgan fingerprint density at radius 2 is 1.70 bits per heavy atom. The van der Waals surface area contributed by atoms with Gasteiger partial charge in [0, 0.05) is 6.07 Å². The predicted molar refractivity (Wildman–Crippen MR) is 81.3 cm³/mol. The minimum absolute atomic E-state index is 0.240. The van der Waals surface area contributed by atoms with Gasteiger partial charge in [-0.1, -0.05) is 0 Å². The van der Waals surface area contributed by atoms with Crippen molar-refractivity contribution in [3.05, 3.63) is 47.3 Å². The summed E-state index contributed by atoms with van der Waals surface area (Å²) in [6.45, 7) is 0. The van der Waals surface area contributed by atoms with Crippen LogP contribution in [-0.4, -0.2) is 18.7 Å². The molecule has 2 aromatic rings. The van der Waals surface area contributed by atoms with Gasteiger partial charge >= 0.3 is 6.36 Å². The Labute approximate surface area is 153 Å². The number of ether oxygens (including phenoxy) is 3. The van der Waals surface area contributed by atoms with Gasteiger partial charge in [-0.3, -0.25) is 4.79 Å². The van der Waals surface area contributed by atoms with Crippen molar-refractivity contribution in [2.75, 3.05) is 7.11 Å². The summed E-state index contributed by atoms with van der Waals surface area (Å²) in [7, 11) is 1.10. The molecule has 2 aromatic carbocycles. The van der Waals surface area contributed by atoms with E-state index in [1.807, 2.05) is 0 Å². The maximum atomic E-state index is 14.1. The number of benzene rings is 2. The van der Waals surface area contributed by atoms with E-state index in [1.165, 1.54) is 0 Å². The lowest BCUT2D eigenvalue weighted by Crippen LogP contribution is -2.17. The van der Waals surface area contributed by atoms with Gasteiger partial charge in [-0.15, -0.1) is 13.2 Å². The summed E-state index contributed by atoms with van der Waals surface area (Å²) in [4.78, 5) is 11.4. The quantitative estimate of drug-likeness (QED) is 0.440. The summed E-state index contributed by atoms with van der Waals surface area (Å²) in [5.41, 5.74) is -2.01. The van der Waals surface area contributed by atoms with Gasteiger partial charge in [0.1, 0.15) is 22.9 Å². The van der Waals surface area contributed by atoms with Gasteiger partial charge in [-0.05, 0) is 35.9 Å². The molecule has 0 bridgehead atoms. The molecule has 2 rings (SSSR count). The first-order chi connectivity index (χ1) is 12.5. The lowest BCUT2D eigenvalue weighted by Gasteiger charge is -2.15. The highest BCUT2D eigenvalue weighted by Gasteiger charge is 2.31. The second-order valence-corrected chi connectivity index (χ2v) is 5.22. The maximum Gasteiger partial charge on any atom is 0.573 e. The van der Waals surface area contributed by atoms with Crippen LogP contribution in [0.5, 0.6) is 23.0 Å². The number of hydrogen-bond acceptors (Lipinski definition) is 4. The SMILES string of the molecule is COc1cc(OC(F)(F)F)ccc1Oc1ccc(C(F)F)c(F)c1C(=O)Cl. The molecule has 0 heterocycles. The van der Waals surface area contributed by atoms with Crippen LogP contribution in [-0.2, 0) is 0 Å². The van der Waals surface area contributed by atoms with Gasteiger partial charge in [0.05, 0.1) is 12.7 Å². The van der Waals surface area contributed by atoms with Crippen molar-refractivity contribution in [1.29, 1.82) is 0 Å². The fourth-order valence-electron chi connectivity index (χ4n) is 2.06. The van der Waals surface area contributed by atoms with Crippen molar-refractivity contribution in [3.63, 3.8) is 0 Å². The Balaban J connectivity index is 2.45. The van der Waals surface area contributed by atoms with Crippen LogP contribution in [0.4, 0.5) is 26.3 Å². The largest absolute Gasteiger partial charge is 0.573 e. The van der Waals surface area contributed by atoms with E-state index in [0.717, 1.165) is 31.4 Å². The zero-order valence-corrected chi connectivity index (χ0v) is 14.0. The molecule has 0 atom stereocenters. The molecular weight excluding hydrogens is 406 g/mol. The number of carbonyl (C=O) groups is 1. The smallest absolute Gasteiger partial charge is 0.493 e. The van der Waals surface area contributed by atoms with E-state index >= 15 is 0 Å². The Morgan fingerprint density at radius 3 is 2.22 bits per heavy atom. The van der Waals surface area contributed by atoms with E-state index in [2.05, 4.69) is 4.74 Å². The molecule has 0 radical (unpaired) electrons. The standard InChI is InChI=1S/C16H9ClF6O4/c1-25-11-6-7(27-16(21,22)23)2-4-9(11)26-10-5-3-8(15(19)20)13(18)12(10)14(17)24/h2-6,15H,1H3. The number of alkyl halides is 5. The van der Waals surface area contributed by atoms with Crippen LogP contribution in [0.25, 0.3) is 0 Å². The number of carbonyl (C=O) groups excluding carboxylic acids is 1. The molecular formula is C16H9ClF6O4. The third-order valence-corrected chi connectivity index (χ3v) is 3.34. The number of halogens is 7. The molecule has 0 spiro atoms. The van der Waals surface area contributed by atoms with Crippen molar-refractivity contribution < 1.29 is 45.3 Å². The fourth-order valence-corrected chi connectivity index (χ4v) is 2.24. The summed E-state index contributed by atoms with van der Waals surface area (Å²) >= 11 is 5.25. The summed E-state index contributed by atoms with van der Waals surface area (Å²) in [6, 6.07) is 4.25. The second kappa shape index (κ2) is 7.95. The summed E-state index contributed by atoms with van der Waals surface area (Å²) in [5, 5.41) is -1.40. The third kappa shape index (κ3) is 4.97. The Kier molecular flexibility index (Phi) is 6.09. The van der Waals surface area contributed by atoms with Gasteiger partial charge in [-0.2, -0.15) is 0 Å². The first kappa shape index (κ1) is 20.7. The average molecular weight is 415 g/mol. The number of methoxy groups -OCH3 is 1. The molecule has 4 nitrogen and oxygen atoms in total. The molecule has 0 aromatic heterocycles. The minimum atomic E-state index is -4.94. The molecule has 0 saturated carbocycles. The normalized spacial score (nSPS) is 11.4. The zero-order chi connectivity index (χ0) is 20.4. The van der Waals surface area contributed by atoms with Gasteiger partial charge in [-0.25, -0.2) is 13.2 Å². The Hall–Kier alpha value is -2.62. The molecule has 0 aliphatic rings. The summed E-state index contributed by atoms with van der Waals surface area (Å²) < 4.78 is 90.3. The molecule has 0 amide bonds.